The van der Waals surface area contributed by atoms with Gasteiger partial charge in [0.2, 0.25) is 0 Å². The second kappa shape index (κ2) is 13.7. The van der Waals surface area contributed by atoms with Crippen LogP contribution in [0, 0.1) is 0 Å². The third-order valence-electron chi connectivity index (χ3n) is 8.27. The molecule has 0 fully saturated rings. The second-order valence-corrected chi connectivity index (χ2v) is 10.9. The molecule has 0 aliphatic carbocycles. The molecule has 1 aliphatic heterocycles. The summed E-state index contributed by atoms with van der Waals surface area (Å²) in [6.07, 6.45) is 0. The zero-order chi connectivity index (χ0) is 32.0. The number of ether oxygens (including phenoxy) is 1. The summed E-state index contributed by atoms with van der Waals surface area (Å²) in [5.74, 6) is -0.645. The number of hydrogen-bond donors (Lipinski definition) is 2. The van der Waals surface area contributed by atoms with E-state index in [1.807, 2.05) is 92.0 Å². The van der Waals surface area contributed by atoms with Gasteiger partial charge in [-0.2, -0.15) is 4.48 Å². The Hall–Kier alpha value is -5.05. The molecule has 1 heterocycles. The third-order valence-corrected chi connectivity index (χ3v) is 8.27. The van der Waals surface area contributed by atoms with Crippen molar-refractivity contribution in [2.75, 3.05) is 43.9 Å². The first kappa shape index (κ1) is 31.4. The van der Waals surface area contributed by atoms with Gasteiger partial charge in [-0.1, -0.05) is 68.4 Å². The zero-order valence-corrected chi connectivity index (χ0v) is 26.2. The summed E-state index contributed by atoms with van der Waals surface area (Å²) < 4.78 is 5.16. The normalized spacial score (nSPS) is 14.7. The molecule has 2 N–H and O–H groups in total. The van der Waals surface area contributed by atoms with E-state index < -0.39 is 5.97 Å². The highest BCUT2D eigenvalue weighted by Gasteiger charge is 2.38. The summed E-state index contributed by atoms with van der Waals surface area (Å²) in [6, 6.07) is 32.3. The van der Waals surface area contributed by atoms with Crippen molar-refractivity contribution in [3.63, 3.8) is 0 Å². The van der Waals surface area contributed by atoms with E-state index in [-0.39, 0.29) is 22.9 Å². The molecule has 4 aromatic carbocycles. The van der Waals surface area contributed by atoms with Crippen molar-refractivity contribution >= 4 is 51.8 Å². The van der Waals surface area contributed by atoms with Crippen LogP contribution in [0.5, 0.6) is 0 Å². The minimum absolute atomic E-state index is 0.0167. The first-order valence-corrected chi connectivity index (χ1v) is 15.3. The van der Waals surface area contributed by atoms with Crippen LogP contribution in [-0.2, 0) is 14.3 Å². The minimum Gasteiger partial charge on any atom is -0.462 e. The molecule has 0 bridgehead atoms. The molecular weight excluding hydrogens is 564 g/mol. The van der Waals surface area contributed by atoms with Crippen molar-refractivity contribution in [1.29, 1.82) is 0 Å². The molecular formula is C37H39N4O4+. The SMILES string of the molecule is CCOC(=O)c1ccc2c(c1)NC(=O)/C2=C(\Nc1ccc([N+](C)(C(=O)CN(CC)CC)c2ccccc2)cc1)c1ccccc1. The fourth-order valence-corrected chi connectivity index (χ4v) is 5.58. The van der Waals surface area contributed by atoms with Crippen molar-refractivity contribution < 1.29 is 19.1 Å². The Morgan fingerprint density at radius 3 is 2.04 bits per heavy atom. The van der Waals surface area contributed by atoms with Crippen molar-refractivity contribution in [1.82, 2.24) is 9.38 Å². The first-order chi connectivity index (χ1) is 21.8. The fraction of sp³-hybridized carbons (Fsp3) is 0.216. The molecule has 2 amide bonds. The number of fused-ring (bicyclic) bond motifs is 1. The quantitative estimate of drug-likeness (QED) is 0.110. The van der Waals surface area contributed by atoms with Crippen LogP contribution >= 0.6 is 0 Å². The van der Waals surface area contributed by atoms with Crippen molar-refractivity contribution in [2.45, 2.75) is 20.8 Å². The molecule has 0 radical (unpaired) electrons. The maximum absolute atomic E-state index is 13.9. The van der Waals surface area contributed by atoms with Gasteiger partial charge in [0.05, 0.1) is 36.2 Å². The van der Waals surface area contributed by atoms with E-state index in [2.05, 4.69) is 29.4 Å². The summed E-state index contributed by atoms with van der Waals surface area (Å²) in [7, 11) is 1.94. The fourth-order valence-electron chi connectivity index (χ4n) is 5.58. The summed E-state index contributed by atoms with van der Waals surface area (Å²) in [4.78, 5) is 41.8. The number of nitrogens with one attached hydrogen (secondary N) is 2. The maximum Gasteiger partial charge on any atom is 0.338 e. The van der Waals surface area contributed by atoms with Crippen LogP contribution in [0.1, 0.15) is 42.3 Å². The highest BCUT2D eigenvalue weighted by atomic mass is 16.5. The second-order valence-electron chi connectivity index (χ2n) is 10.9. The number of rotatable bonds is 11. The van der Waals surface area contributed by atoms with Crippen LogP contribution in [-0.4, -0.2) is 56.0 Å². The lowest BCUT2D eigenvalue weighted by molar-refractivity contribution is -0.127. The topological polar surface area (TPSA) is 87.7 Å². The number of likely N-dealkylation sites (N-methyl/N-ethyl adjacent to an activating group) is 2. The van der Waals surface area contributed by atoms with Crippen LogP contribution in [0.2, 0.25) is 0 Å². The molecule has 0 aromatic heterocycles. The highest BCUT2D eigenvalue weighted by Crippen LogP contribution is 2.39. The Kier molecular flexibility index (Phi) is 9.56. The highest BCUT2D eigenvalue weighted by molar-refractivity contribution is 6.37. The van der Waals surface area contributed by atoms with E-state index in [1.54, 1.807) is 25.1 Å². The summed E-state index contributed by atoms with van der Waals surface area (Å²) in [6.45, 7) is 8.05. The van der Waals surface area contributed by atoms with E-state index in [0.29, 0.717) is 34.6 Å². The average Bonchev–Trinajstić information content (AvgIpc) is 3.41. The standard InChI is InChI=1S/C37H38N4O4/c1-5-40(6-2)25-33(42)41(4,29-16-12-9-13-17-29)30-21-19-28(20-22-30)38-35(26-14-10-8-11-15-26)34-31-23-18-27(37(44)45-7-3)24-32(31)39-36(34)43/h8-24H,5-7,25H2,1-4H3,(H-,38,39,43,44)/p+1. The van der Waals surface area contributed by atoms with Gasteiger partial charge in [0.1, 0.15) is 17.9 Å². The van der Waals surface area contributed by atoms with E-state index in [1.165, 1.54) is 0 Å². The number of hydrogen-bond acceptors (Lipinski definition) is 6. The summed E-state index contributed by atoms with van der Waals surface area (Å²) >= 11 is 0. The lowest BCUT2D eigenvalue weighted by Gasteiger charge is -2.32. The number of quaternary nitrogens is 1. The summed E-state index contributed by atoms with van der Waals surface area (Å²) in [5, 5.41) is 6.41. The van der Waals surface area contributed by atoms with E-state index in [4.69, 9.17) is 4.74 Å². The average molecular weight is 604 g/mol. The molecule has 4 aromatic rings. The Bertz CT molecular complexity index is 1710. The largest absolute Gasteiger partial charge is 0.462 e. The number of nitrogens with zero attached hydrogens (tertiary/aromatic N) is 2. The number of carbonyl (C=O) groups excluding carboxylic acids is 3. The molecule has 230 valence electrons. The van der Waals surface area contributed by atoms with Gasteiger partial charge in [0, 0.05) is 35.5 Å². The van der Waals surface area contributed by atoms with Crippen LogP contribution in [0.25, 0.3) is 11.3 Å². The smallest absolute Gasteiger partial charge is 0.338 e. The van der Waals surface area contributed by atoms with Gasteiger partial charge >= 0.3 is 11.9 Å². The molecule has 0 saturated heterocycles. The molecule has 45 heavy (non-hydrogen) atoms. The van der Waals surface area contributed by atoms with E-state index in [0.717, 1.165) is 35.7 Å². The Morgan fingerprint density at radius 2 is 1.42 bits per heavy atom. The number of anilines is 2. The van der Waals surface area contributed by atoms with Crippen LogP contribution in [0.15, 0.2) is 103 Å². The van der Waals surface area contributed by atoms with Crippen LogP contribution in [0.3, 0.4) is 0 Å². The molecule has 8 nitrogen and oxygen atoms in total. The number of benzene rings is 4. The molecule has 1 aliphatic rings. The number of esters is 1. The van der Waals surface area contributed by atoms with Gasteiger partial charge < -0.3 is 15.4 Å². The van der Waals surface area contributed by atoms with Crippen LogP contribution < -0.4 is 15.1 Å². The Labute approximate surface area is 264 Å². The molecule has 0 saturated carbocycles. The van der Waals surface area contributed by atoms with Gasteiger partial charge in [-0.05, 0) is 49.8 Å². The molecule has 5 rings (SSSR count). The van der Waals surface area contributed by atoms with Gasteiger partial charge in [0.25, 0.3) is 5.91 Å². The molecule has 1 unspecified atom stereocenters. The lowest BCUT2D eigenvalue weighted by atomic mass is 9.99. The number of carbonyl (C=O) groups is 3. The monoisotopic (exact) mass is 603 g/mol. The Balaban J connectivity index is 1.54. The third kappa shape index (κ3) is 6.43. The number of para-hydroxylation sites is 1. The van der Waals surface area contributed by atoms with Crippen molar-refractivity contribution in [3.8, 4) is 0 Å². The molecule has 1 atom stereocenters. The summed E-state index contributed by atoms with van der Waals surface area (Å²) in [5.41, 5.74) is 5.99. The molecule has 0 spiro atoms. The minimum atomic E-state index is -0.440. The van der Waals surface area contributed by atoms with Crippen molar-refractivity contribution in [2.24, 2.45) is 0 Å². The predicted octanol–water partition coefficient (Wildman–Crippen LogP) is 6.93. The Morgan fingerprint density at radius 1 is 0.800 bits per heavy atom. The number of amides is 2. The van der Waals surface area contributed by atoms with Gasteiger partial charge in [0.15, 0.2) is 0 Å². The van der Waals surface area contributed by atoms with Crippen molar-refractivity contribution in [3.05, 3.63) is 120 Å². The first-order valence-electron chi connectivity index (χ1n) is 15.3. The van der Waals surface area contributed by atoms with Gasteiger partial charge in [-0.3, -0.25) is 9.69 Å². The van der Waals surface area contributed by atoms with Gasteiger partial charge in [-0.25, -0.2) is 9.59 Å². The van der Waals surface area contributed by atoms with Gasteiger partial charge in [-0.15, -0.1) is 0 Å². The van der Waals surface area contributed by atoms with E-state index in [9.17, 15) is 14.4 Å². The van der Waals surface area contributed by atoms with E-state index >= 15 is 0 Å². The van der Waals surface area contributed by atoms with Crippen LogP contribution in [0.4, 0.5) is 22.7 Å². The maximum atomic E-state index is 13.9. The lowest BCUT2D eigenvalue weighted by Crippen LogP contribution is -2.51. The predicted molar refractivity (Wildman–Crippen MR) is 181 cm³/mol. The zero-order valence-electron chi connectivity index (χ0n) is 26.2. The molecule has 8 heteroatoms.